The first kappa shape index (κ1) is 19.7. The molecule has 2 aromatic carbocycles. The third-order valence-corrected chi connectivity index (χ3v) is 7.84. The fourth-order valence-electron chi connectivity index (χ4n) is 3.09. The molecule has 0 aliphatic heterocycles. The van der Waals surface area contributed by atoms with Crippen molar-refractivity contribution in [2.45, 2.75) is 19.4 Å². The summed E-state index contributed by atoms with van der Waals surface area (Å²) in [6, 6.07) is 24.4. The molecule has 1 heterocycles. The molecule has 0 aliphatic carbocycles. The molecule has 0 atom stereocenters. The zero-order chi connectivity index (χ0) is 18.8. The average molecular weight is 382 g/mol. The summed E-state index contributed by atoms with van der Waals surface area (Å²) in [6.45, 7) is 0.936. The van der Waals surface area contributed by atoms with Gasteiger partial charge in [0.1, 0.15) is 12.4 Å². The molecule has 1 aromatic heterocycles. The van der Waals surface area contributed by atoms with Gasteiger partial charge in [-0.3, -0.25) is 0 Å². The Morgan fingerprint density at radius 1 is 0.741 bits per heavy atom. The fourth-order valence-corrected chi connectivity index (χ4v) is 5.55. The third-order valence-electron chi connectivity index (χ3n) is 4.77. The molecule has 0 bridgehead atoms. The first-order chi connectivity index (χ1) is 13.2. The van der Waals surface area contributed by atoms with Crippen LogP contribution in [0.5, 0.6) is 0 Å². The maximum absolute atomic E-state index is 13.6. The molecule has 0 radical (unpaired) electrons. The van der Waals surface area contributed by atoms with Gasteiger partial charge in [-0.2, -0.15) is 0 Å². The number of hydrogen-bond acceptors (Lipinski definition) is 3. The zero-order valence-corrected chi connectivity index (χ0v) is 16.5. The van der Waals surface area contributed by atoms with E-state index in [-0.39, 0.29) is 0 Å². The molecule has 0 amide bonds. The van der Waals surface area contributed by atoms with Gasteiger partial charge < -0.3 is 13.7 Å². The van der Waals surface area contributed by atoms with E-state index in [2.05, 4.69) is 24.3 Å². The Balaban J connectivity index is 1.55. The van der Waals surface area contributed by atoms with Gasteiger partial charge in [0.25, 0.3) is 0 Å². The SMILES string of the molecule is O=P(CCOCc1ccco1)(CCc1ccccc1)CCc1ccccc1. The normalized spacial score (nSPS) is 11.6. The topological polar surface area (TPSA) is 39.4 Å². The standard InChI is InChI=1S/C23H27O3P/c24-27(17-13-21-8-3-1-4-9-21,18-14-22-10-5-2-6-11-22)19-16-25-20-23-12-7-15-26-23/h1-12,15H,13-14,16-20H2. The van der Waals surface area contributed by atoms with Gasteiger partial charge in [-0.25, -0.2) is 0 Å². The van der Waals surface area contributed by atoms with Gasteiger partial charge in [-0.15, -0.1) is 0 Å². The van der Waals surface area contributed by atoms with Crippen LogP contribution in [0.15, 0.2) is 83.5 Å². The van der Waals surface area contributed by atoms with Crippen LogP contribution in [-0.2, 0) is 28.8 Å². The molecule has 0 fully saturated rings. The largest absolute Gasteiger partial charge is 0.467 e. The van der Waals surface area contributed by atoms with Crippen LogP contribution in [-0.4, -0.2) is 25.1 Å². The van der Waals surface area contributed by atoms with Gasteiger partial charge >= 0.3 is 0 Å². The van der Waals surface area contributed by atoms with Crippen LogP contribution < -0.4 is 0 Å². The summed E-state index contributed by atoms with van der Waals surface area (Å²) >= 11 is 0. The van der Waals surface area contributed by atoms with Crippen molar-refractivity contribution in [2.75, 3.05) is 25.1 Å². The van der Waals surface area contributed by atoms with Crippen LogP contribution in [0.4, 0.5) is 0 Å². The highest BCUT2D eigenvalue weighted by Crippen LogP contribution is 2.46. The van der Waals surface area contributed by atoms with Gasteiger partial charge in [0.05, 0.1) is 20.0 Å². The monoisotopic (exact) mass is 382 g/mol. The molecule has 0 saturated carbocycles. The van der Waals surface area contributed by atoms with Gasteiger partial charge in [0, 0.05) is 18.5 Å². The summed E-state index contributed by atoms with van der Waals surface area (Å²) in [5, 5.41) is 0. The molecule has 0 saturated heterocycles. The van der Waals surface area contributed by atoms with Crippen molar-refractivity contribution in [3.05, 3.63) is 95.9 Å². The second kappa shape index (κ2) is 10.3. The minimum atomic E-state index is -2.31. The molecule has 3 aromatic rings. The Morgan fingerprint density at radius 2 is 1.33 bits per heavy atom. The molecule has 27 heavy (non-hydrogen) atoms. The lowest BCUT2D eigenvalue weighted by Crippen LogP contribution is -2.09. The Bertz CT molecular complexity index is 766. The van der Waals surface area contributed by atoms with E-state index >= 15 is 0 Å². The van der Waals surface area contributed by atoms with Crippen LogP contribution in [0.3, 0.4) is 0 Å². The molecular formula is C23H27O3P. The first-order valence-electron chi connectivity index (χ1n) is 9.49. The van der Waals surface area contributed by atoms with Crippen molar-refractivity contribution >= 4 is 7.14 Å². The highest BCUT2D eigenvalue weighted by molar-refractivity contribution is 7.63. The van der Waals surface area contributed by atoms with Crippen molar-refractivity contribution < 1.29 is 13.7 Å². The molecule has 3 rings (SSSR count). The lowest BCUT2D eigenvalue weighted by atomic mass is 10.2. The van der Waals surface area contributed by atoms with E-state index in [1.54, 1.807) is 6.26 Å². The van der Waals surface area contributed by atoms with Crippen LogP contribution in [0, 0.1) is 0 Å². The molecule has 0 aliphatic rings. The number of benzene rings is 2. The second-order valence-electron chi connectivity index (χ2n) is 6.83. The third kappa shape index (κ3) is 6.86. The lowest BCUT2D eigenvalue weighted by Gasteiger charge is -2.19. The van der Waals surface area contributed by atoms with E-state index in [9.17, 15) is 4.57 Å². The van der Waals surface area contributed by atoms with Crippen LogP contribution in [0.2, 0.25) is 0 Å². The van der Waals surface area contributed by atoms with Gasteiger partial charge in [-0.1, -0.05) is 60.7 Å². The summed E-state index contributed by atoms with van der Waals surface area (Å²) in [5.74, 6) is 0.804. The quantitative estimate of drug-likeness (QED) is 0.318. The van der Waals surface area contributed by atoms with E-state index in [0.717, 1.165) is 30.9 Å². The Labute approximate surface area is 161 Å². The van der Waals surface area contributed by atoms with Crippen molar-refractivity contribution in [3.8, 4) is 0 Å². The minimum absolute atomic E-state index is 0.435. The smallest absolute Gasteiger partial charge is 0.129 e. The Kier molecular flexibility index (Phi) is 7.50. The minimum Gasteiger partial charge on any atom is -0.467 e. The number of aryl methyl sites for hydroxylation is 2. The summed E-state index contributed by atoms with van der Waals surface area (Å²) in [6.07, 6.45) is 5.43. The molecule has 0 spiro atoms. The molecule has 142 valence electrons. The van der Waals surface area contributed by atoms with Gasteiger partial charge in [0.2, 0.25) is 0 Å². The first-order valence-corrected chi connectivity index (χ1v) is 11.7. The highest BCUT2D eigenvalue weighted by Gasteiger charge is 2.22. The molecule has 4 heteroatoms. The van der Waals surface area contributed by atoms with Gasteiger partial charge in [0.15, 0.2) is 0 Å². The number of hydrogen-bond donors (Lipinski definition) is 0. The maximum atomic E-state index is 13.6. The van der Waals surface area contributed by atoms with Crippen molar-refractivity contribution in [1.82, 2.24) is 0 Å². The van der Waals surface area contributed by atoms with Crippen LogP contribution >= 0.6 is 7.14 Å². The van der Waals surface area contributed by atoms with E-state index < -0.39 is 7.14 Å². The molecule has 3 nitrogen and oxygen atoms in total. The summed E-state index contributed by atoms with van der Waals surface area (Å²) < 4.78 is 24.6. The average Bonchev–Trinajstić information content (AvgIpc) is 3.24. The zero-order valence-electron chi connectivity index (χ0n) is 15.6. The predicted octanol–water partition coefficient (Wildman–Crippen LogP) is 5.64. The van der Waals surface area contributed by atoms with Crippen LogP contribution in [0.25, 0.3) is 0 Å². The van der Waals surface area contributed by atoms with E-state index in [1.807, 2.05) is 48.5 Å². The van der Waals surface area contributed by atoms with E-state index in [1.165, 1.54) is 11.1 Å². The number of ether oxygens (including phenoxy) is 1. The maximum Gasteiger partial charge on any atom is 0.129 e. The predicted molar refractivity (Wildman–Crippen MR) is 111 cm³/mol. The van der Waals surface area contributed by atoms with E-state index in [4.69, 9.17) is 9.15 Å². The fraction of sp³-hybridized carbons (Fsp3) is 0.304. The summed E-state index contributed by atoms with van der Waals surface area (Å²) in [5.41, 5.74) is 2.49. The summed E-state index contributed by atoms with van der Waals surface area (Å²) in [7, 11) is -2.31. The van der Waals surface area contributed by atoms with Crippen molar-refractivity contribution in [3.63, 3.8) is 0 Å². The molecule has 0 N–H and O–H groups in total. The second-order valence-corrected chi connectivity index (χ2v) is 10.3. The molecular weight excluding hydrogens is 355 g/mol. The Hall–Kier alpha value is -2.09. The highest BCUT2D eigenvalue weighted by atomic mass is 31.2. The van der Waals surface area contributed by atoms with Crippen LogP contribution in [0.1, 0.15) is 16.9 Å². The number of furan rings is 1. The summed E-state index contributed by atoms with van der Waals surface area (Å²) in [4.78, 5) is 0. The number of rotatable bonds is 11. The lowest BCUT2D eigenvalue weighted by molar-refractivity contribution is 0.119. The molecule has 0 unspecified atom stereocenters. The van der Waals surface area contributed by atoms with Crippen molar-refractivity contribution in [2.24, 2.45) is 0 Å². The van der Waals surface area contributed by atoms with Gasteiger partial charge in [-0.05, 0) is 36.1 Å². The Morgan fingerprint density at radius 3 is 1.85 bits per heavy atom. The van der Waals surface area contributed by atoms with E-state index in [0.29, 0.717) is 19.4 Å². The van der Waals surface area contributed by atoms with Crippen molar-refractivity contribution in [1.29, 1.82) is 0 Å².